The first-order chi connectivity index (χ1) is 8.56. The number of rotatable bonds is 3. The maximum absolute atomic E-state index is 13.0. The van der Waals surface area contributed by atoms with Crippen LogP contribution in [0.3, 0.4) is 0 Å². The maximum Gasteiger partial charge on any atom is 0.159 e. The molecule has 0 fully saturated rings. The van der Waals surface area contributed by atoms with Gasteiger partial charge in [-0.05, 0) is 54.3 Å². The quantitative estimate of drug-likeness (QED) is 0.885. The Bertz CT molecular complexity index is 567. The highest BCUT2D eigenvalue weighted by atomic mass is 19.2. The molecular weight excluding hydrogens is 241 g/mol. The molecule has 0 aliphatic carbocycles. The number of phenolic OH excluding ortho intramolecular Hbond substituents is 1. The summed E-state index contributed by atoms with van der Waals surface area (Å²) in [6.07, 6.45) is 0.753. The predicted octanol–water partition coefficient (Wildman–Crippen LogP) is 3.59. The SMILES string of the molecule is Oc1ccc(F)cc1CCc1ccc(F)c(F)c1. The summed E-state index contributed by atoms with van der Waals surface area (Å²) in [4.78, 5) is 0. The van der Waals surface area contributed by atoms with Gasteiger partial charge in [0.1, 0.15) is 11.6 Å². The summed E-state index contributed by atoms with van der Waals surface area (Å²) < 4.78 is 38.6. The molecule has 94 valence electrons. The topological polar surface area (TPSA) is 20.2 Å². The summed E-state index contributed by atoms with van der Waals surface area (Å²) in [5.74, 6) is -2.24. The molecule has 1 nitrogen and oxygen atoms in total. The third-order valence-electron chi connectivity index (χ3n) is 2.71. The van der Waals surface area contributed by atoms with Crippen LogP contribution in [0.15, 0.2) is 36.4 Å². The largest absolute Gasteiger partial charge is 0.508 e. The predicted molar refractivity (Wildman–Crippen MR) is 61.8 cm³/mol. The molecule has 0 saturated carbocycles. The summed E-state index contributed by atoms with van der Waals surface area (Å²) in [7, 11) is 0. The fraction of sp³-hybridized carbons (Fsp3) is 0.143. The molecule has 0 aliphatic rings. The molecule has 18 heavy (non-hydrogen) atoms. The molecular formula is C14H11F3O. The van der Waals surface area contributed by atoms with Crippen molar-refractivity contribution in [1.82, 2.24) is 0 Å². The first kappa shape index (κ1) is 12.5. The zero-order valence-corrected chi connectivity index (χ0v) is 9.46. The minimum absolute atomic E-state index is 0.000941. The van der Waals surface area contributed by atoms with Crippen molar-refractivity contribution in [3.63, 3.8) is 0 Å². The number of hydrogen-bond acceptors (Lipinski definition) is 1. The van der Waals surface area contributed by atoms with Crippen molar-refractivity contribution in [3.8, 4) is 5.75 Å². The zero-order valence-electron chi connectivity index (χ0n) is 9.46. The minimum Gasteiger partial charge on any atom is -0.508 e. The number of phenols is 1. The van der Waals surface area contributed by atoms with E-state index in [1.165, 1.54) is 18.2 Å². The van der Waals surface area contributed by atoms with Crippen molar-refractivity contribution in [2.75, 3.05) is 0 Å². The van der Waals surface area contributed by atoms with E-state index in [-0.39, 0.29) is 5.75 Å². The summed E-state index contributed by atoms with van der Waals surface area (Å²) in [5, 5.41) is 9.51. The molecule has 4 heteroatoms. The number of benzene rings is 2. The molecule has 0 amide bonds. The highest BCUT2D eigenvalue weighted by Crippen LogP contribution is 2.20. The molecule has 0 aliphatic heterocycles. The monoisotopic (exact) mass is 252 g/mol. The van der Waals surface area contributed by atoms with Crippen molar-refractivity contribution >= 4 is 0 Å². The number of hydrogen-bond donors (Lipinski definition) is 1. The van der Waals surface area contributed by atoms with Gasteiger partial charge in [-0.1, -0.05) is 6.07 Å². The molecule has 0 radical (unpaired) electrons. The van der Waals surface area contributed by atoms with Crippen LogP contribution in [0.2, 0.25) is 0 Å². The van der Waals surface area contributed by atoms with Gasteiger partial charge in [0.25, 0.3) is 0 Å². The van der Waals surface area contributed by atoms with Gasteiger partial charge in [0.15, 0.2) is 11.6 Å². The van der Waals surface area contributed by atoms with Crippen LogP contribution in [0.5, 0.6) is 5.75 Å². The third-order valence-corrected chi connectivity index (χ3v) is 2.71. The van der Waals surface area contributed by atoms with Crippen molar-refractivity contribution in [2.45, 2.75) is 12.8 Å². The van der Waals surface area contributed by atoms with E-state index in [1.54, 1.807) is 0 Å². The number of halogens is 3. The smallest absolute Gasteiger partial charge is 0.159 e. The number of aromatic hydroxyl groups is 1. The van der Waals surface area contributed by atoms with E-state index in [2.05, 4.69) is 0 Å². The van der Waals surface area contributed by atoms with Gasteiger partial charge in [0.2, 0.25) is 0 Å². The van der Waals surface area contributed by atoms with Gasteiger partial charge in [0.05, 0.1) is 0 Å². The minimum atomic E-state index is -0.907. The second-order valence-corrected chi connectivity index (χ2v) is 4.02. The van der Waals surface area contributed by atoms with Gasteiger partial charge >= 0.3 is 0 Å². The Labute approximate surface area is 103 Å². The lowest BCUT2D eigenvalue weighted by Gasteiger charge is -2.05. The van der Waals surface area contributed by atoms with Crippen molar-refractivity contribution in [2.24, 2.45) is 0 Å². The third kappa shape index (κ3) is 2.83. The summed E-state index contributed by atoms with van der Waals surface area (Å²) in [5.41, 5.74) is 1.04. The summed E-state index contributed by atoms with van der Waals surface area (Å²) in [6.45, 7) is 0. The van der Waals surface area contributed by atoms with Crippen LogP contribution < -0.4 is 0 Å². The number of aryl methyl sites for hydroxylation is 2. The van der Waals surface area contributed by atoms with Gasteiger partial charge in [-0.2, -0.15) is 0 Å². The van der Waals surface area contributed by atoms with Crippen LogP contribution in [0.1, 0.15) is 11.1 Å². The van der Waals surface area contributed by atoms with Crippen LogP contribution in [0, 0.1) is 17.5 Å². The van der Waals surface area contributed by atoms with E-state index in [1.807, 2.05) is 0 Å². The molecule has 2 rings (SSSR count). The Morgan fingerprint density at radius 1 is 0.833 bits per heavy atom. The van der Waals surface area contributed by atoms with Crippen molar-refractivity contribution in [3.05, 3.63) is 65.0 Å². The standard InChI is InChI=1S/C14H11F3O/c15-11-4-6-14(18)10(8-11)3-1-9-2-5-12(16)13(17)7-9/h2,4-8,18H,1,3H2. The van der Waals surface area contributed by atoms with Crippen LogP contribution >= 0.6 is 0 Å². The molecule has 0 heterocycles. The summed E-state index contributed by atoms with van der Waals surface area (Å²) in [6, 6.07) is 7.29. The first-order valence-corrected chi connectivity index (χ1v) is 5.47. The molecule has 1 N–H and O–H groups in total. The Balaban J connectivity index is 2.11. The average Bonchev–Trinajstić information content (AvgIpc) is 2.34. The van der Waals surface area contributed by atoms with Gasteiger partial charge in [-0.15, -0.1) is 0 Å². The Morgan fingerprint density at radius 3 is 2.33 bits per heavy atom. The Hall–Kier alpha value is -1.97. The van der Waals surface area contributed by atoms with E-state index in [0.29, 0.717) is 24.0 Å². The average molecular weight is 252 g/mol. The maximum atomic E-state index is 13.0. The Morgan fingerprint density at radius 2 is 1.61 bits per heavy atom. The van der Waals surface area contributed by atoms with E-state index < -0.39 is 17.5 Å². The van der Waals surface area contributed by atoms with Crippen molar-refractivity contribution < 1.29 is 18.3 Å². The molecule has 0 saturated heterocycles. The van der Waals surface area contributed by atoms with Crippen LogP contribution in [0.25, 0.3) is 0 Å². The van der Waals surface area contributed by atoms with Gasteiger partial charge in [-0.3, -0.25) is 0 Å². The zero-order chi connectivity index (χ0) is 13.1. The second-order valence-electron chi connectivity index (χ2n) is 4.02. The normalized spacial score (nSPS) is 10.6. The van der Waals surface area contributed by atoms with E-state index >= 15 is 0 Å². The second kappa shape index (κ2) is 5.12. The molecule has 0 spiro atoms. The lowest BCUT2D eigenvalue weighted by atomic mass is 10.0. The molecule has 2 aromatic rings. The first-order valence-electron chi connectivity index (χ1n) is 5.47. The van der Waals surface area contributed by atoms with Gasteiger partial charge in [0, 0.05) is 0 Å². The molecule has 0 unspecified atom stereocenters. The van der Waals surface area contributed by atoms with Crippen LogP contribution in [-0.2, 0) is 12.8 Å². The van der Waals surface area contributed by atoms with E-state index in [0.717, 1.165) is 18.2 Å². The molecule has 0 bridgehead atoms. The van der Waals surface area contributed by atoms with Crippen LogP contribution in [-0.4, -0.2) is 5.11 Å². The fourth-order valence-electron chi connectivity index (χ4n) is 1.73. The lowest BCUT2D eigenvalue weighted by molar-refractivity contribution is 0.465. The lowest BCUT2D eigenvalue weighted by Crippen LogP contribution is -1.95. The van der Waals surface area contributed by atoms with E-state index in [9.17, 15) is 18.3 Å². The molecule has 0 atom stereocenters. The highest BCUT2D eigenvalue weighted by molar-refractivity contribution is 5.33. The summed E-state index contributed by atoms with van der Waals surface area (Å²) >= 11 is 0. The van der Waals surface area contributed by atoms with Gasteiger partial charge < -0.3 is 5.11 Å². The molecule has 2 aromatic carbocycles. The van der Waals surface area contributed by atoms with Gasteiger partial charge in [-0.25, -0.2) is 13.2 Å². The Kier molecular flexibility index (Phi) is 3.55. The van der Waals surface area contributed by atoms with Crippen LogP contribution in [0.4, 0.5) is 13.2 Å². The van der Waals surface area contributed by atoms with Crippen molar-refractivity contribution in [1.29, 1.82) is 0 Å². The van der Waals surface area contributed by atoms with E-state index in [4.69, 9.17) is 0 Å². The molecule has 0 aromatic heterocycles. The highest BCUT2D eigenvalue weighted by Gasteiger charge is 2.06. The fourth-order valence-corrected chi connectivity index (χ4v) is 1.73.